The maximum Gasteiger partial charge on any atom is 0.213 e. The summed E-state index contributed by atoms with van der Waals surface area (Å²) in [5.74, 6) is 1.00. The average Bonchev–Trinajstić information content (AvgIpc) is 2.53. The first kappa shape index (κ1) is 20.6. The summed E-state index contributed by atoms with van der Waals surface area (Å²) in [7, 11) is -3.06. The van der Waals surface area contributed by atoms with Crippen molar-refractivity contribution in [3.8, 4) is 0 Å². The minimum Gasteiger partial charge on any atom is -0.357 e. The molecule has 1 fully saturated rings. The molecular weight excluding hydrogens is 332 g/mol. The van der Waals surface area contributed by atoms with Gasteiger partial charge in [0.25, 0.3) is 0 Å². The highest BCUT2D eigenvalue weighted by Crippen LogP contribution is 2.21. The van der Waals surface area contributed by atoms with E-state index in [1.165, 1.54) is 0 Å². The Balaban J connectivity index is 2.58. The van der Waals surface area contributed by atoms with Crippen LogP contribution >= 0.6 is 11.8 Å². The fourth-order valence-electron chi connectivity index (χ4n) is 2.31. The molecule has 0 amide bonds. The van der Waals surface area contributed by atoms with E-state index in [0.29, 0.717) is 13.1 Å². The van der Waals surface area contributed by atoms with Crippen LogP contribution in [0.25, 0.3) is 0 Å². The SMILES string of the molecule is CCNC(=NCC(C)(C)SC)NC1CCN(S(=O)(=O)CC)CC1. The van der Waals surface area contributed by atoms with Crippen LogP contribution in [0.4, 0.5) is 0 Å². The van der Waals surface area contributed by atoms with E-state index in [4.69, 9.17) is 0 Å². The molecule has 0 saturated carbocycles. The van der Waals surface area contributed by atoms with E-state index in [2.05, 4.69) is 35.7 Å². The molecule has 0 atom stereocenters. The van der Waals surface area contributed by atoms with E-state index in [0.717, 1.165) is 31.9 Å². The Morgan fingerprint density at radius 3 is 2.39 bits per heavy atom. The van der Waals surface area contributed by atoms with E-state index in [1.807, 2.05) is 6.92 Å². The molecule has 0 bridgehead atoms. The van der Waals surface area contributed by atoms with Crippen LogP contribution in [0.1, 0.15) is 40.5 Å². The first-order valence-corrected chi connectivity index (χ1v) is 11.1. The summed E-state index contributed by atoms with van der Waals surface area (Å²) >= 11 is 1.80. The third kappa shape index (κ3) is 6.89. The number of sulfonamides is 1. The number of nitrogens with one attached hydrogen (secondary N) is 2. The second-order valence-corrected chi connectivity index (χ2v) is 10.1. The van der Waals surface area contributed by atoms with Crippen molar-refractivity contribution in [2.45, 2.75) is 51.3 Å². The van der Waals surface area contributed by atoms with Crippen LogP contribution in [-0.4, -0.2) is 67.7 Å². The summed E-state index contributed by atoms with van der Waals surface area (Å²) in [6.07, 6.45) is 3.73. The maximum absolute atomic E-state index is 11.9. The van der Waals surface area contributed by atoms with Gasteiger partial charge < -0.3 is 10.6 Å². The van der Waals surface area contributed by atoms with E-state index in [1.54, 1.807) is 23.0 Å². The Morgan fingerprint density at radius 2 is 1.91 bits per heavy atom. The highest BCUT2D eigenvalue weighted by Gasteiger charge is 2.27. The Morgan fingerprint density at radius 1 is 1.30 bits per heavy atom. The van der Waals surface area contributed by atoms with Crippen molar-refractivity contribution < 1.29 is 8.42 Å². The van der Waals surface area contributed by atoms with Gasteiger partial charge in [-0.15, -0.1) is 0 Å². The molecule has 0 aliphatic carbocycles. The molecule has 0 radical (unpaired) electrons. The molecule has 0 unspecified atom stereocenters. The smallest absolute Gasteiger partial charge is 0.213 e. The predicted octanol–water partition coefficient (Wildman–Crippen LogP) is 1.50. The Bertz CT molecular complexity index is 484. The van der Waals surface area contributed by atoms with E-state index in [9.17, 15) is 8.42 Å². The number of rotatable bonds is 7. The second-order valence-electron chi connectivity index (χ2n) is 6.38. The fourth-order valence-corrected chi connectivity index (χ4v) is 3.63. The van der Waals surface area contributed by atoms with Crippen molar-refractivity contribution in [1.29, 1.82) is 0 Å². The largest absolute Gasteiger partial charge is 0.357 e. The third-order valence-corrected chi connectivity index (χ3v) is 7.18. The Kier molecular flexibility index (Phi) is 8.17. The van der Waals surface area contributed by atoms with Crippen molar-refractivity contribution in [2.75, 3.05) is 38.2 Å². The number of hydrogen-bond acceptors (Lipinski definition) is 4. The van der Waals surface area contributed by atoms with Crippen LogP contribution < -0.4 is 10.6 Å². The van der Waals surface area contributed by atoms with Crippen LogP contribution in [0.15, 0.2) is 4.99 Å². The van der Waals surface area contributed by atoms with Crippen LogP contribution in [0, 0.1) is 0 Å². The molecule has 136 valence electrons. The fraction of sp³-hybridized carbons (Fsp3) is 0.933. The van der Waals surface area contributed by atoms with Crippen molar-refractivity contribution in [3.63, 3.8) is 0 Å². The van der Waals surface area contributed by atoms with Crippen molar-refractivity contribution >= 4 is 27.7 Å². The molecule has 0 aromatic carbocycles. The zero-order valence-corrected chi connectivity index (χ0v) is 16.7. The monoisotopic (exact) mass is 364 g/mol. The number of thioether (sulfide) groups is 1. The van der Waals surface area contributed by atoms with Gasteiger partial charge in [0, 0.05) is 30.4 Å². The molecule has 2 N–H and O–H groups in total. The quantitative estimate of drug-likeness (QED) is 0.529. The summed E-state index contributed by atoms with van der Waals surface area (Å²) in [5, 5.41) is 6.73. The van der Waals surface area contributed by atoms with Crippen LogP contribution in [-0.2, 0) is 10.0 Å². The highest BCUT2D eigenvalue weighted by atomic mass is 32.2. The zero-order valence-electron chi connectivity index (χ0n) is 15.1. The van der Waals surface area contributed by atoms with Gasteiger partial charge in [-0.1, -0.05) is 0 Å². The number of aliphatic imine (C=N–C) groups is 1. The van der Waals surface area contributed by atoms with Crippen LogP contribution in [0.3, 0.4) is 0 Å². The highest BCUT2D eigenvalue weighted by molar-refractivity contribution is 7.99. The molecule has 0 aromatic heterocycles. The summed E-state index contributed by atoms with van der Waals surface area (Å²) < 4.78 is 25.5. The van der Waals surface area contributed by atoms with Crippen molar-refractivity contribution in [3.05, 3.63) is 0 Å². The van der Waals surface area contributed by atoms with Gasteiger partial charge in [0.15, 0.2) is 5.96 Å². The molecule has 1 rings (SSSR count). The van der Waals surface area contributed by atoms with Gasteiger partial charge in [-0.2, -0.15) is 11.8 Å². The van der Waals surface area contributed by atoms with Gasteiger partial charge in [-0.3, -0.25) is 4.99 Å². The Hall–Kier alpha value is -0.470. The Labute approximate surface area is 145 Å². The summed E-state index contributed by atoms with van der Waals surface area (Å²) in [4.78, 5) is 4.68. The average molecular weight is 365 g/mol. The third-order valence-electron chi connectivity index (χ3n) is 4.07. The van der Waals surface area contributed by atoms with Gasteiger partial charge in [-0.05, 0) is 46.8 Å². The molecule has 1 aliphatic heterocycles. The molecule has 6 nitrogen and oxygen atoms in total. The summed E-state index contributed by atoms with van der Waals surface area (Å²) in [6.45, 7) is 10.8. The lowest BCUT2D eigenvalue weighted by molar-refractivity contribution is 0.306. The molecular formula is C15H32N4O2S2. The van der Waals surface area contributed by atoms with Gasteiger partial charge >= 0.3 is 0 Å². The molecule has 1 aliphatic rings. The number of hydrogen-bond donors (Lipinski definition) is 2. The first-order chi connectivity index (χ1) is 10.7. The molecule has 1 saturated heterocycles. The zero-order chi connectivity index (χ0) is 17.5. The predicted molar refractivity (Wildman–Crippen MR) is 101 cm³/mol. The van der Waals surface area contributed by atoms with Gasteiger partial charge in [0.1, 0.15) is 0 Å². The minimum absolute atomic E-state index is 0.112. The van der Waals surface area contributed by atoms with Crippen LogP contribution in [0.5, 0.6) is 0 Å². The van der Waals surface area contributed by atoms with Crippen molar-refractivity contribution in [2.24, 2.45) is 4.99 Å². The number of nitrogens with zero attached hydrogens (tertiary/aromatic N) is 2. The summed E-state index contributed by atoms with van der Waals surface area (Å²) in [5.41, 5.74) is 0. The molecule has 23 heavy (non-hydrogen) atoms. The maximum atomic E-state index is 11.9. The van der Waals surface area contributed by atoms with E-state index in [-0.39, 0.29) is 16.5 Å². The minimum atomic E-state index is -3.06. The lowest BCUT2D eigenvalue weighted by Gasteiger charge is -2.32. The lowest BCUT2D eigenvalue weighted by Crippen LogP contribution is -2.50. The molecule has 1 heterocycles. The topological polar surface area (TPSA) is 73.8 Å². The van der Waals surface area contributed by atoms with E-state index < -0.39 is 10.0 Å². The van der Waals surface area contributed by atoms with Gasteiger partial charge in [0.2, 0.25) is 10.0 Å². The molecule has 0 aromatic rings. The van der Waals surface area contributed by atoms with E-state index >= 15 is 0 Å². The van der Waals surface area contributed by atoms with Gasteiger partial charge in [0.05, 0.1) is 12.3 Å². The second kappa shape index (κ2) is 9.13. The summed E-state index contributed by atoms with van der Waals surface area (Å²) in [6, 6.07) is 0.272. The first-order valence-electron chi connectivity index (χ1n) is 8.32. The van der Waals surface area contributed by atoms with Gasteiger partial charge in [-0.25, -0.2) is 12.7 Å². The standard InChI is InChI=1S/C15H32N4O2S2/c1-6-16-14(17-12-15(3,4)22-5)18-13-8-10-19(11-9-13)23(20,21)7-2/h13H,6-12H2,1-5H3,(H2,16,17,18). The lowest BCUT2D eigenvalue weighted by atomic mass is 10.1. The van der Waals surface area contributed by atoms with Crippen molar-refractivity contribution in [1.82, 2.24) is 14.9 Å². The molecule has 0 spiro atoms. The number of guanidine groups is 1. The van der Waals surface area contributed by atoms with Crippen LogP contribution in [0.2, 0.25) is 0 Å². The normalized spacial score (nSPS) is 18.9. The number of piperidine rings is 1. The molecule has 8 heteroatoms.